The Labute approximate surface area is 134 Å². The highest BCUT2D eigenvalue weighted by atomic mass is 79.9. The van der Waals surface area contributed by atoms with Gasteiger partial charge in [-0.25, -0.2) is 0 Å². The van der Waals surface area contributed by atoms with Crippen molar-refractivity contribution >= 4 is 45.3 Å². The van der Waals surface area contributed by atoms with Gasteiger partial charge in [0, 0.05) is 20.6 Å². The molecule has 1 amide bonds. The average Bonchev–Trinajstić information content (AvgIpc) is 2.47. The van der Waals surface area contributed by atoms with Crippen molar-refractivity contribution in [1.82, 2.24) is 0 Å². The Morgan fingerprint density at radius 2 is 1.76 bits per heavy atom. The van der Waals surface area contributed by atoms with Gasteiger partial charge in [0.2, 0.25) is 5.91 Å². The maximum Gasteiger partial charge on any atom is 0.234 e. The Balaban J connectivity index is 1.96. The molecule has 0 saturated heterocycles. The topological polar surface area (TPSA) is 69.2 Å². The summed E-state index contributed by atoms with van der Waals surface area (Å²) in [5.41, 5.74) is 0.221. The van der Waals surface area contributed by atoms with Crippen LogP contribution in [-0.2, 0) is 4.79 Å². The second kappa shape index (κ2) is 7.28. The quantitative estimate of drug-likeness (QED) is 0.827. The Morgan fingerprint density at radius 3 is 2.43 bits per heavy atom. The third kappa shape index (κ3) is 4.61. The number of carbonyl (C=O) groups excluding carboxylic acids is 2. The largest absolute Gasteiger partial charge is 0.545 e. The van der Waals surface area contributed by atoms with Crippen LogP contribution in [0.25, 0.3) is 0 Å². The van der Waals surface area contributed by atoms with Gasteiger partial charge in [0.15, 0.2) is 0 Å². The van der Waals surface area contributed by atoms with Crippen LogP contribution in [0, 0.1) is 0 Å². The van der Waals surface area contributed by atoms with Crippen LogP contribution in [-0.4, -0.2) is 17.6 Å². The summed E-state index contributed by atoms with van der Waals surface area (Å²) in [5, 5.41) is 13.5. The summed E-state index contributed by atoms with van der Waals surface area (Å²) in [6.07, 6.45) is 0. The fraction of sp³-hybridized carbons (Fsp3) is 0.0667. The maximum atomic E-state index is 11.9. The van der Waals surface area contributed by atoms with Crippen LogP contribution in [0.1, 0.15) is 10.4 Å². The normalized spacial score (nSPS) is 10.1. The van der Waals surface area contributed by atoms with Crippen molar-refractivity contribution in [1.29, 1.82) is 0 Å². The lowest BCUT2D eigenvalue weighted by atomic mass is 10.2. The molecule has 0 spiro atoms. The van der Waals surface area contributed by atoms with Crippen molar-refractivity contribution in [2.45, 2.75) is 4.90 Å². The minimum absolute atomic E-state index is 0.0282. The lowest BCUT2D eigenvalue weighted by Crippen LogP contribution is -2.25. The number of anilines is 1. The van der Waals surface area contributed by atoms with Crippen LogP contribution in [0.2, 0.25) is 0 Å². The van der Waals surface area contributed by atoms with E-state index in [0.29, 0.717) is 0 Å². The van der Waals surface area contributed by atoms with Crippen LogP contribution < -0.4 is 10.4 Å². The van der Waals surface area contributed by atoms with E-state index in [2.05, 4.69) is 21.2 Å². The zero-order valence-corrected chi connectivity index (χ0v) is 13.2. The third-order valence-electron chi connectivity index (χ3n) is 2.60. The summed E-state index contributed by atoms with van der Waals surface area (Å²) in [7, 11) is 0. The molecule has 21 heavy (non-hydrogen) atoms. The molecular weight excluding hydrogens is 354 g/mol. The summed E-state index contributed by atoms with van der Waals surface area (Å²) < 4.78 is 0.971. The summed E-state index contributed by atoms with van der Waals surface area (Å²) in [5.74, 6) is -1.38. The summed E-state index contributed by atoms with van der Waals surface area (Å²) in [6.45, 7) is 0. The predicted octanol–water partition coefficient (Wildman–Crippen LogP) is 2.54. The van der Waals surface area contributed by atoms with Crippen molar-refractivity contribution in [3.8, 4) is 0 Å². The van der Waals surface area contributed by atoms with Crippen LogP contribution in [0.4, 0.5) is 5.69 Å². The number of rotatable bonds is 5. The standard InChI is InChI=1S/C15H12BrNO3S/c16-10-5-7-11(8-6-10)21-9-14(18)17-13-4-2-1-3-12(13)15(19)20/h1-8H,9H2,(H,17,18)(H,19,20)/p-1. The maximum absolute atomic E-state index is 11.9. The molecule has 2 rings (SSSR count). The van der Waals surface area contributed by atoms with E-state index in [1.807, 2.05) is 24.3 Å². The monoisotopic (exact) mass is 364 g/mol. The van der Waals surface area contributed by atoms with Gasteiger partial charge in [0.05, 0.1) is 11.7 Å². The molecule has 0 unspecified atom stereocenters. The lowest BCUT2D eigenvalue weighted by Gasteiger charge is -2.11. The van der Waals surface area contributed by atoms with Crippen molar-refractivity contribution in [3.63, 3.8) is 0 Å². The number of para-hydroxylation sites is 1. The number of carboxylic acid groups (broad SMARTS) is 1. The highest BCUT2D eigenvalue weighted by molar-refractivity contribution is 9.10. The van der Waals surface area contributed by atoms with Gasteiger partial charge in [-0.3, -0.25) is 4.79 Å². The summed E-state index contributed by atoms with van der Waals surface area (Å²) >= 11 is 4.72. The molecule has 2 aromatic carbocycles. The zero-order valence-electron chi connectivity index (χ0n) is 10.8. The first kappa shape index (κ1) is 15.6. The Kier molecular flexibility index (Phi) is 5.41. The summed E-state index contributed by atoms with van der Waals surface area (Å²) in [6, 6.07) is 13.8. The number of amides is 1. The molecule has 0 aliphatic carbocycles. The second-order valence-electron chi connectivity index (χ2n) is 4.12. The van der Waals surface area contributed by atoms with Gasteiger partial charge < -0.3 is 15.2 Å². The van der Waals surface area contributed by atoms with Crippen LogP contribution >= 0.6 is 27.7 Å². The van der Waals surface area contributed by atoms with E-state index in [1.165, 1.54) is 23.9 Å². The Hall–Kier alpha value is -1.79. The molecule has 6 heteroatoms. The Bertz CT molecular complexity index is 658. The minimum atomic E-state index is -1.31. The first-order chi connectivity index (χ1) is 10.1. The van der Waals surface area contributed by atoms with E-state index < -0.39 is 5.97 Å². The molecule has 1 N–H and O–H groups in total. The number of nitrogens with one attached hydrogen (secondary N) is 1. The molecule has 0 aromatic heterocycles. The number of aromatic carboxylic acids is 1. The number of carbonyl (C=O) groups is 2. The van der Waals surface area contributed by atoms with Gasteiger partial charge in [-0.2, -0.15) is 0 Å². The van der Waals surface area contributed by atoms with E-state index in [1.54, 1.807) is 12.1 Å². The van der Waals surface area contributed by atoms with E-state index in [4.69, 9.17) is 0 Å². The first-order valence-corrected chi connectivity index (χ1v) is 7.83. The molecule has 0 radical (unpaired) electrons. The molecule has 0 bridgehead atoms. The van der Waals surface area contributed by atoms with Gasteiger partial charge in [0.1, 0.15) is 0 Å². The molecule has 4 nitrogen and oxygen atoms in total. The zero-order chi connectivity index (χ0) is 15.2. The molecule has 0 heterocycles. The molecule has 2 aromatic rings. The SMILES string of the molecule is O=C(CSc1ccc(Br)cc1)Nc1ccccc1C(=O)[O-]. The van der Waals surface area contributed by atoms with Gasteiger partial charge >= 0.3 is 0 Å². The third-order valence-corrected chi connectivity index (χ3v) is 4.15. The highest BCUT2D eigenvalue weighted by Gasteiger charge is 2.07. The number of thioether (sulfide) groups is 1. The van der Waals surface area contributed by atoms with Crippen molar-refractivity contribution < 1.29 is 14.7 Å². The predicted molar refractivity (Wildman–Crippen MR) is 84.3 cm³/mol. The van der Waals surface area contributed by atoms with Crippen molar-refractivity contribution in [2.75, 3.05) is 11.1 Å². The molecule has 108 valence electrons. The number of hydrogen-bond acceptors (Lipinski definition) is 4. The minimum Gasteiger partial charge on any atom is -0.545 e. The molecular formula is C15H11BrNO3S-. The second-order valence-corrected chi connectivity index (χ2v) is 6.09. The fourth-order valence-corrected chi connectivity index (χ4v) is 2.60. The van der Waals surface area contributed by atoms with E-state index in [0.717, 1.165) is 9.37 Å². The fourth-order valence-electron chi connectivity index (χ4n) is 1.64. The van der Waals surface area contributed by atoms with Crippen LogP contribution in [0.5, 0.6) is 0 Å². The number of benzene rings is 2. The molecule has 0 atom stereocenters. The van der Waals surface area contributed by atoms with Crippen molar-refractivity contribution in [2.24, 2.45) is 0 Å². The molecule has 0 saturated carbocycles. The summed E-state index contributed by atoms with van der Waals surface area (Å²) in [4.78, 5) is 23.8. The van der Waals surface area contributed by atoms with Crippen LogP contribution in [0.3, 0.4) is 0 Å². The first-order valence-electron chi connectivity index (χ1n) is 6.05. The van der Waals surface area contributed by atoms with E-state index in [9.17, 15) is 14.7 Å². The molecule has 0 aliphatic rings. The molecule has 0 aliphatic heterocycles. The Morgan fingerprint density at radius 1 is 1.10 bits per heavy atom. The van der Waals surface area contributed by atoms with Crippen LogP contribution in [0.15, 0.2) is 57.9 Å². The van der Waals surface area contributed by atoms with Gasteiger partial charge in [-0.1, -0.05) is 34.1 Å². The smallest absolute Gasteiger partial charge is 0.234 e. The number of halogens is 1. The van der Waals surface area contributed by atoms with Gasteiger partial charge in [-0.05, 0) is 30.3 Å². The molecule has 0 fully saturated rings. The van der Waals surface area contributed by atoms with Gasteiger partial charge in [0.25, 0.3) is 0 Å². The van der Waals surface area contributed by atoms with E-state index in [-0.39, 0.29) is 22.9 Å². The van der Waals surface area contributed by atoms with Gasteiger partial charge in [-0.15, -0.1) is 11.8 Å². The average molecular weight is 365 g/mol. The number of carboxylic acids is 1. The highest BCUT2D eigenvalue weighted by Crippen LogP contribution is 2.21. The lowest BCUT2D eigenvalue weighted by molar-refractivity contribution is -0.254. The van der Waals surface area contributed by atoms with E-state index >= 15 is 0 Å². The number of hydrogen-bond donors (Lipinski definition) is 1. The van der Waals surface area contributed by atoms with Crippen molar-refractivity contribution in [3.05, 3.63) is 58.6 Å².